The molecule has 21 heavy (non-hydrogen) atoms. The summed E-state index contributed by atoms with van der Waals surface area (Å²) < 4.78 is 35.4. The first-order valence-electron chi connectivity index (χ1n) is 6.79. The number of benzene rings is 1. The lowest BCUT2D eigenvalue weighted by molar-refractivity contribution is 0.186. The zero-order valence-electron chi connectivity index (χ0n) is 11.6. The number of primary sulfonamides is 1. The lowest BCUT2D eigenvalue weighted by Gasteiger charge is -2.31. The molecule has 0 aromatic heterocycles. The van der Waals surface area contributed by atoms with Crippen molar-refractivity contribution in [2.45, 2.75) is 19.4 Å². The zero-order valence-corrected chi connectivity index (χ0v) is 12.4. The Bertz CT molecular complexity index is 647. The van der Waals surface area contributed by atoms with Gasteiger partial charge >= 0.3 is 0 Å². The van der Waals surface area contributed by atoms with Gasteiger partial charge < -0.3 is 0 Å². The molecule has 2 rings (SSSR count). The minimum absolute atomic E-state index is 0.0181. The summed E-state index contributed by atoms with van der Waals surface area (Å²) in [6.45, 7) is 1.95. The van der Waals surface area contributed by atoms with Gasteiger partial charge in [0.2, 0.25) is 10.0 Å². The third-order valence-corrected chi connectivity index (χ3v) is 4.69. The monoisotopic (exact) mass is 311 g/mol. The van der Waals surface area contributed by atoms with Crippen molar-refractivity contribution in [3.8, 4) is 6.07 Å². The van der Waals surface area contributed by atoms with E-state index in [1.54, 1.807) is 0 Å². The second-order valence-corrected chi connectivity index (χ2v) is 7.12. The Morgan fingerprint density at radius 2 is 2.05 bits per heavy atom. The number of hydrogen-bond donors (Lipinski definition) is 1. The predicted octanol–water partition coefficient (Wildman–Crippen LogP) is 1.20. The molecule has 0 unspecified atom stereocenters. The van der Waals surface area contributed by atoms with Crippen LogP contribution in [0.5, 0.6) is 0 Å². The fourth-order valence-electron chi connectivity index (χ4n) is 2.68. The van der Waals surface area contributed by atoms with Crippen molar-refractivity contribution in [2.75, 3.05) is 18.8 Å². The molecule has 0 atom stereocenters. The van der Waals surface area contributed by atoms with Crippen LogP contribution in [0.2, 0.25) is 0 Å². The topological polar surface area (TPSA) is 87.2 Å². The molecule has 5 nitrogen and oxygen atoms in total. The van der Waals surface area contributed by atoms with Gasteiger partial charge in [-0.2, -0.15) is 5.26 Å². The number of nitrogens with two attached hydrogens (primary N) is 1. The molecule has 1 heterocycles. The van der Waals surface area contributed by atoms with Crippen LogP contribution in [0.3, 0.4) is 0 Å². The summed E-state index contributed by atoms with van der Waals surface area (Å²) in [5.74, 6) is -0.253. The first kappa shape index (κ1) is 15.9. The molecule has 0 saturated carbocycles. The third kappa shape index (κ3) is 4.77. The predicted molar refractivity (Wildman–Crippen MR) is 77.1 cm³/mol. The third-order valence-electron chi connectivity index (χ3n) is 3.76. The standard InChI is InChI=1S/C14H18FN3O2S/c15-14-2-1-12(8-16)13(7-14)9-18-5-3-11(4-6-18)10-21(17,19)20/h1-2,7,11H,3-6,9-10H2,(H2,17,19,20). The van der Waals surface area contributed by atoms with Crippen LogP contribution in [-0.4, -0.2) is 32.2 Å². The highest BCUT2D eigenvalue weighted by molar-refractivity contribution is 7.89. The molecule has 0 aliphatic carbocycles. The average molecular weight is 311 g/mol. The van der Waals surface area contributed by atoms with E-state index in [0.717, 1.165) is 25.9 Å². The van der Waals surface area contributed by atoms with Gasteiger partial charge in [-0.3, -0.25) is 4.90 Å². The number of likely N-dealkylation sites (tertiary alicyclic amines) is 1. The highest BCUT2D eigenvalue weighted by atomic mass is 32.2. The van der Waals surface area contributed by atoms with Gasteiger partial charge in [0.05, 0.1) is 17.4 Å². The molecule has 1 aromatic carbocycles. The molecule has 0 bridgehead atoms. The summed E-state index contributed by atoms with van der Waals surface area (Å²) in [7, 11) is -3.43. The lowest BCUT2D eigenvalue weighted by Crippen LogP contribution is -2.36. The Labute approximate surface area is 124 Å². The van der Waals surface area contributed by atoms with E-state index in [0.29, 0.717) is 17.7 Å². The summed E-state index contributed by atoms with van der Waals surface area (Å²) in [5.41, 5.74) is 1.14. The van der Waals surface area contributed by atoms with Gasteiger partial charge in [-0.1, -0.05) is 0 Å². The Hall–Kier alpha value is -1.49. The molecule has 1 aliphatic rings. The zero-order chi connectivity index (χ0) is 15.5. The fraction of sp³-hybridized carbons (Fsp3) is 0.500. The SMILES string of the molecule is N#Cc1ccc(F)cc1CN1CCC(CS(N)(=O)=O)CC1. The van der Waals surface area contributed by atoms with Crippen LogP contribution in [0.25, 0.3) is 0 Å². The first-order chi connectivity index (χ1) is 9.87. The van der Waals surface area contributed by atoms with Gasteiger partial charge in [-0.05, 0) is 55.6 Å². The summed E-state index contributed by atoms with van der Waals surface area (Å²) >= 11 is 0. The van der Waals surface area contributed by atoms with Crippen molar-refractivity contribution >= 4 is 10.0 Å². The molecule has 1 aliphatic heterocycles. The second kappa shape index (κ2) is 6.52. The Kier molecular flexibility index (Phi) is 4.93. The number of halogens is 1. The van der Waals surface area contributed by atoms with Crippen LogP contribution >= 0.6 is 0 Å². The maximum Gasteiger partial charge on any atom is 0.209 e. The molecule has 7 heteroatoms. The number of nitrogens with zero attached hydrogens (tertiary/aromatic N) is 2. The Balaban J connectivity index is 1.95. The van der Waals surface area contributed by atoms with Gasteiger partial charge in [0.1, 0.15) is 5.82 Å². The number of sulfonamides is 1. The van der Waals surface area contributed by atoms with Crippen LogP contribution < -0.4 is 5.14 Å². The maximum atomic E-state index is 13.3. The molecular weight excluding hydrogens is 293 g/mol. The molecule has 0 spiro atoms. The van der Waals surface area contributed by atoms with Gasteiger partial charge in [0.15, 0.2) is 0 Å². The van der Waals surface area contributed by atoms with Crippen molar-refractivity contribution in [1.82, 2.24) is 4.90 Å². The number of hydrogen-bond acceptors (Lipinski definition) is 4. The van der Waals surface area contributed by atoms with E-state index in [4.69, 9.17) is 10.4 Å². The molecule has 0 radical (unpaired) electrons. The summed E-state index contributed by atoms with van der Waals surface area (Å²) in [5, 5.41) is 14.1. The van der Waals surface area contributed by atoms with E-state index in [1.807, 2.05) is 0 Å². The molecule has 114 valence electrons. The summed E-state index contributed by atoms with van der Waals surface area (Å²) in [6.07, 6.45) is 1.49. The van der Waals surface area contributed by atoms with E-state index in [9.17, 15) is 12.8 Å². The van der Waals surface area contributed by atoms with Crippen LogP contribution in [0.4, 0.5) is 4.39 Å². The number of piperidine rings is 1. The number of rotatable bonds is 4. The van der Waals surface area contributed by atoms with E-state index in [1.165, 1.54) is 18.2 Å². The summed E-state index contributed by atoms with van der Waals surface area (Å²) in [6, 6.07) is 6.21. The summed E-state index contributed by atoms with van der Waals surface area (Å²) in [4.78, 5) is 2.11. The molecule has 1 saturated heterocycles. The van der Waals surface area contributed by atoms with Gasteiger partial charge in [-0.15, -0.1) is 0 Å². The van der Waals surface area contributed by atoms with Crippen LogP contribution in [0, 0.1) is 23.1 Å². The van der Waals surface area contributed by atoms with Crippen molar-refractivity contribution in [1.29, 1.82) is 5.26 Å². The van der Waals surface area contributed by atoms with Crippen molar-refractivity contribution in [3.63, 3.8) is 0 Å². The maximum absolute atomic E-state index is 13.3. The molecular formula is C14H18FN3O2S. The van der Waals surface area contributed by atoms with E-state index >= 15 is 0 Å². The lowest BCUT2D eigenvalue weighted by atomic mass is 9.98. The average Bonchev–Trinajstić information content (AvgIpc) is 2.40. The largest absolute Gasteiger partial charge is 0.299 e. The Morgan fingerprint density at radius 3 is 2.62 bits per heavy atom. The fourth-order valence-corrected chi connectivity index (χ4v) is 3.67. The van der Waals surface area contributed by atoms with Gasteiger partial charge in [0, 0.05) is 6.54 Å². The minimum atomic E-state index is -3.43. The second-order valence-electron chi connectivity index (χ2n) is 5.46. The first-order valence-corrected chi connectivity index (χ1v) is 8.50. The smallest absolute Gasteiger partial charge is 0.209 e. The normalized spacial score (nSPS) is 17.6. The highest BCUT2D eigenvalue weighted by Gasteiger charge is 2.23. The molecule has 0 amide bonds. The van der Waals surface area contributed by atoms with E-state index in [2.05, 4.69) is 11.0 Å². The van der Waals surface area contributed by atoms with Gasteiger partial charge in [0.25, 0.3) is 0 Å². The van der Waals surface area contributed by atoms with Crippen molar-refractivity contribution < 1.29 is 12.8 Å². The number of nitriles is 1. The molecule has 1 fully saturated rings. The van der Waals surface area contributed by atoms with Crippen LogP contribution in [0.1, 0.15) is 24.0 Å². The molecule has 1 aromatic rings. The van der Waals surface area contributed by atoms with E-state index in [-0.39, 0.29) is 17.5 Å². The van der Waals surface area contributed by atoms with Gasteiger partial charge in [-0.25, -0.2) is 17.9 Å². The minimum Gasteiger partial charge on any atom is -0.299 e. The Morgan fingerprint density at radius 1 is 1.38 bits per heavy atom. The molecule has 2 N–H and O–H groups in total. The van der Waals surface area contributed by atoms with E-state index < -0.39 is 10.0 Å². The van der Waals surface area contributed by atoms with Crippen molar-refractivity contribution in [3.05, 3.63) is 35.1 Å². The highest BCUT2D eigenvalue weighted by Crippen LogP contribution is 2.21. The quantitative estimate of drug-likeness (QED) is 0.905. The van der Waals surface area contributed by atoms with Crippen LogP contribution in [-0.2, 0) is 16.6 Å². The van der Waals surface area contributed by atoms with Crippen LogP contribution in [0.15, 0.2) is 18.2 Å². The van der Waals surface area contributed by atoms with Crippen molar-refractivity contribution in [2.24, 2.45) is 11.1 Å².